The lowest BCUT2D eigenvalue weighted by molar-refractivity contribution is -0.145. The Kier molecular flexibility index (Phi) is 13.7. The van der Waals surface area contributed by atoms with Gasteiger partial charge in [0.05, 0.1) is 45.4 Å². The van der Waals surface area contributed by atoms with Crippen LogP contribution in [-0.4, -0.2) is 110 Å². The van der Waals surface area contributed by atoms with E-state index in [1.54, 1.807) is 25.6 Å². The first-order valence-corrected chi connectivity index (χ1v) is 23.4. The zero-order chi connectivity index (χ0) is 44.9. The first kappa shape index (κ1) is 44.3. The van der Waals surface area contributed by atoms with E-state index < -0.39 is 12.1 Å². The molecule has 65 heavy (non-hydrogen) atoms. The van der Waals surface area contributed by atoms with Gasteiger partial charge >= 0.3 is 5.97 Å². The molecule has 14 nitrogen and oxygen atoms in total. The lowest BCUT2D eigenvalue weighted by Crippen LogP contribution is -2.45. The molecule has 1 saturated carbocycles. The van der Waals surface area contributed by atoms with E-state index in [0.29, 0.717) is 70.1 Å². The summed E-state index contributed by atoms with van der Waals surface area (Å²) in [5.41, 5.74) is 6.30. The van der Waals surface area contributed by atoms with Crippen molar-refractivity contribution in [2.24, 2.45) is 5.92 Å². The van der Waals surface area contributed by atoms with Gasteiger partial charge in [-0.25, -0.2) is 14.8 Å². The van der Waals surface area contributed by atoms with Crippen LogP contribution < -0.4 is 14.2 Å². The van der Waals surface area contributed by atoms with Gasteiger partial charge in [-0.1, -0.05) is 48.4 Å². The van der Waals surface area contributed by atoms with Crippen molar-refractivity contribution in [2.45, 2.75) is 64.7 Å². The van der Waals surface area contributed by atoms with Crippen molar-refractivity contribution in [3.8, 4) is 40.0 Å². The minimum atomic E-state index is -1.30. The minimum Gasteiger partial charge on any atom is -0.496 e. The average Bonchev–Trinajstić information content (AvgIpc) is 3.96. The number of hydrogen-bond acceptors (Lipinski definition) is 13. The number of fused-ring (bicyclic) bond motifs is 1. The molecule has 1 aliphatic heterocycles. The number of aliphatic carboxylic acids is 1. The van der Waals surface area contributed by atoms with Crippen LogP contribution in [0, 0.1) is 5.92 Å². The highest BCUT2D eigenvalue weighted by atomic mass is 35.5. The van der Waals surface area contributed by atoms with Gasteiger partial charge in [0.2, 0.25) is 12.0 Å². The highest BCUT2D eigenvalue weighted by Gasteiger charge is 2.31. The van der Waals surface area contributed by atoms with Crippen LogP contribution in [0.25, 0.3) is 38.3 Å². The standard InChI is InChI=1S/C49H53ClN8O6S/c1-31-36(15-16-40(45(31)50)62-24-23-57-21-19-56(2)20-22-57)43-44-42(27-52-46(43)34-26-53-58(29-34)28-32-9-8-10-32)65-55-48(44)64-41(49(59)60)25-33-11-4-6-13-38(33)63-30-35-17-18-51-47(54-35)37-12-5-7-14-39(37)61-3/h4-7,11-14,17-18,26-27,29,32,41H,8-10,15-16,19-25,28,30H2,1-3H3,(H,59,60)/t41-/m1/s1. The third kappa shape index (κ3) is 10.0. The number of rotatable bonds is 18. The molecular formula is C49H53ClN8O6S. The first-order valence-electron chi connectivity index (χ1n) is 22.2. The summed E-state index contributed by atoms with van der Waals surface area (Å²) in [4.78, 5) is 32.1. The molecule has 6 aromatic rings. The summed E-state index contributed by atoms with van der Waals surface area (Å²) in [5.74, 6) is 2.17. The topological polar surface area (TPSA) is 150 Å². The third-order valence-corrected chi connectivity index (χ3v) is 13.9. The highest BCUT2D eigenvalue weighted by Crippen LogP contribution is 2.47. The number of ether oxygens (including phenoxy) is 4. The van der Waals surface area contributed by atoms with Crippen LogP contribution in [-0.2, 0) is 29.1 Å². The van der Waals surface area contributed by atoms with E-state index >= 15 is 0 Å². The number of carbonyl (C=O) groups is 1. The molecule has 1 atom stereocenters. The summed E-state index contributed by atoms with van der Waals surface area (Å²) >= 11 is 8.43. The number of hydrogen-bond donors (Lipinski definition) is 1. The minimum absolute atomic E-state index is 0.00704. The second-order valence-corrected chi connectivity index (χ2v) is 18.1. The van der Waals surface area contributed by atoms with Crippen molar-refractivity contribution in [1.82, 2.24) is 38.9 Å². The fourth-order valence-electron chi connectivity index (χ4n) is 8.64. The second-order valence-electron chi connectivity index (χ2n) is 16.9. The molecule has 338 valence electrons. The Hall–Kier alpha value is -5.87. The van der Waals surface area contributed by atoms with E-state index in [1.807, 2.05) is 66.3 Å². The van der Waals surface area contributed by atoms with Crippen molar-refractivity contribution in [2.75, 3.05) is 53.5 Å². The maximum atomic E-state index is 13.1. The molecule has 9 rings (SSSR count). The normalized spacial score (nSPS) is 16.7. The number of piperazine rings is 1. The van der Waals surface area contributed by atoms with Crippen LogP contribution in [0.3, 0.4) is 0 Å². The molecule has 16 heteroatoms. The number of carboxylic acids is 1. The third-order valence-electron chi connectivity index (χ3n) is 12.6. The van der Waals surface area contributed by atoms with Gasteiger partial charge in [0.1, 0.15) is 30.5 Å². The van der Waals surface area contributed by atoms with E-state index in [-0.39, 0.29) is 18.9 Å². The molecule has 2 aromatic carbocycles. The van der Waals surface area contributed by atoms with Crippen molar-refractivity contribution < 1.29 is 28.8 Å². The Bertz CT molecular complexity index is 2720. The average molecular weight is 918 g/mol. The van der Waals surface area contributed by atoms with Crippen LogP contribution in [0.4, 0.5) is 0 Å². The van der Waals surface area contributed by atoms with Gasteiger partial charge in [-0.15, -0.1) is 0 Å². The lowest BCUT2D eigenvalue weighted by Gasteiger charge is -2.32. The first-order chi connectivity index (χ1) is 31.7. The fourth-order valence-corrected chi connectivity index (χ4v) is 9.60. The molecule has 1 N–H and O–H groups in total. The van der Waals surface area contributed by atoms with Crippen molar-refractivity contribution in [3.05, 3.63) is 113 Å². The Balaban J connectivity index is 1.00. The van der Waals surface area contributed by atoms with E-state index in [1.165, 1.54) is 30.8 Å². The number of allylic oxidation sites excluding steroid dienone is 4. The van der Waals surface area contributed by atoms with Gasteiger partial charge < -0.3 is 29.0 Å². The van der Waals surface area contributed by atoms with Crippen LogP contribution in [0.2, 0.25) is 0 Å². The maximum absolute atomic E-state index is 13.1. The molecule has 0 spiro atoms. The summed E-state index contributed by atoms with van der Waals surface area (Å²) in [6.07, 6.45) is 11.0. The van der Waals surface area contributed by atoms with Gasteiger partial charge in [-0.3, -0.25) is 14.6 Å². The molecular weight excluding hydrogens is 864 g/mol. The number of carboxylic acid groups (broad SMARTS) is 1. The predicted molar refractivity (Wildman–Crippen MR) is 251 cm³/mol. The number of likely N-dealkylation sites (N-methyl/N-ethyl adjacent to an activating group) is 1. The van der Waals surface area contributed by atoms with Gasteiger partial charge in [0.15, 0.2) is 5.82 Å². The Morgan fingerprint density at radius 2 is 1.78 bits per heavy atom. The van der Waals surface area contributed by atoms with E-state index in [4.69, 9.17) is 50.0 Å². The number of pyridine rings is 1. The predicted octanol–water partition coefficient (Wildman–Crippen LogP) is 8.76. The summed E-state index contributed by atoms with van der Waals surface area (Å²) in [7, 11) is 3.77. The number of halogens is 1. The lowest BCUT2D eigenvalue weighted by atomic mass is 9.85. The van der Waals surface area contributed by atoms with Crippen molar-refractivity contribution in [3.63, 3.8) is 0 Å². The van der Waals surface area contributed by atoms with Crippen molar-refractivity contribution in [1.29, 1.82) is 0 Å². The van der Waals surface area contributed by atoms with E-state index in [9.17, 15) is 9.90 Å². The summed E-state index contributed by atoms with van der Waals surface area (Å²) in [5, 5.41) is 16.7. The number of para-hydroxylation sites is 2. The molecule has 2 aliphatic carbocycles. The summed E-state index contributed by atoms with van der Waals surface area (Å²) in [6, 6.07) is 16.7. The monoisotopic (exact) mass is 916 g/mol. The zero-order valence-corrected chi connectivity index (χ0v) is 38.5. The van der Waals surface area contributed by atoms with Crippen LogP contribution in [0.15, 0.2) is 95.7 Å². The Labute approximate surface area is 387 Å². The maximum Gasteiger partial charge on any atom is 0.345 e. The highest BCUT2D eigenvalue weighted by molar-refractivity contribution is 7.13. The number of aromatic nitrogens is 6. The van der Waals surface area contributed by atoms with Gasteiger partial charge in [-0.2, -0.15) is 9.47 Å². The van der Waals surface area contributed by atoms with Crippen LogP contribution in [0.5, 0.6) is 17.4 Å². The molecule has 5 heterocycles. The van der Waals surface area contributed by atoms with Crippen molar-refractivity contribution >= 4 is 44.8 Å². The SMILES string of the molecule is COc1ccccc1-c1nccc(COc2ccccc2C[C@@H](Oc2nsc3cnc(-c4cnn(CC5CCC5)c4)c(C4=C(C)C(Cl)=C(OCCN5CCN(C)CC5)CC4)c23)C(=O)O)n1. The summed E-state index contributed by atoms with van der Waals surface area (Å²) < 4.78 is 32.2. The van der Waals surface area contributed by atoms with E-state index in [2.05, 4.69) is 28.0 Å². The second kappa shape index (κ2) is 20.1. The van der Waals surface area contributed by atoms with Crippen LogP contribution in [0.1, 0.15) is 55.8 Å². The van der Waals surface area contributed by atoms with Crippen LogP contribution >= 0.6 is 23.1 Å². The Morgan fingerprint density at radius 1 is 0.985 bits per heavy atom. The fraction of sp³-hybridized carbons (Fsp3) is 0.388. The molecule has 3 aliphatic rings. The quantitative estimate of drug-likeness (QED) is 0.0876. The largest absolute Gasteiger partial charge is 0.496 e. The molecule has 2 fully saturated rings. The molecule has 0 unspecified atom stereocenters. The smallest absolute Gasteiger partial charge is 0.345 e. The molecule has 0 bridgehead atoms. The Morgan fingerprint density at radius 3 is 2.57 bits per heavy atom. The number of methoxy groups -OCH3 is 1. The van der Waals surface area contributed by atoms with Gasteiger partial charge in [-0.05, 0) is 91.7 Å². The molecule has 0 amide bonds. The molecule has 1 saturated heterocycles. The molecule has 0 radical (unpaired) electrons. The van der Waals surface area contributed by atoms with Gasteiger partial charge in [0.25, 0.3) is 0 Å². The molecule has 4 aromatic heterocycles. The summed E-state index contributed by atoms with van der Waals surface area (Å²) in [6.45, 7) is 8.53. The number of nitrogens with zero attached hydrogens (tertiary/aromatic N) is 8. The zero-order valence-electron chi connectivity index (χ0n) is 36.9. The van der Waals surface area contributed by atoms with E-state index in [0.717, 1.165) is 77.6 Å². The number of benzene rings is 2. The van der Waals surface area contributed by atoms with Gasteiger partial charge in [0, 0.05) is 81.8 Å².